The highest BCUT2D eigenvalue weighted by Crippen LogP contribution is 2.25. The average molecular weight is 365 g/mol. The second kappa shape index (κ2) is 6.89. The molecule has 2 rings (SSSR count). The minimum Gasteiger partial charge on any atom is -0.468 e. The van der Waals surface area contributed by atoms with E-state index in [0.717, 1.165) is 21.2 Å². The number of methoxy groups -OCH3 is 1. The van der Waals surface area contributed by atoms with Crippen molar-refractivity contribution in [3.8, 4) is 11.1 Å². The van der Waals surface area contributed by atoms with Gasteiger partial charge in [-0.2, -0.15) is 0 Å². The molecule has 0 unspecified atom stereocenters. The van der Waals surface area contributed by atoms with E-state index in [9.17, 15) is 9.59 Å². The molecule has 1 heterocycles. The van der Waals surface area contributed by atoms with Gasteiger partial charge in [-0.1, -0.05) is 24.3 Å². The highest BCUT2D eigenvalue weighted by molar-refractivity contribution is 9.10. The summed E-state index contributed by atoms with van der Waals surface area (Å²) in [5.74, 6) is -0.441. The number of carbonyl (C=O) groups excluding carboxylic acids is 1. The predicted octanol–water partition coefficient (Wildman–Crippen LogP) is 2.16. The Kier molecular flexibility index (Phi) is 5.15. The van der Waals surface area contributed by atoms with Gasteiger partial charge in [0.05, 0.1) is 12.7 Å². The van der Waals surface area contributed by atoms with Crippen LogP contribution in [0.25, 0.3) is 11.1 Å². The van der Waals surface area contributed by atoms with E-state index in [1.165, 1.54) is 7.11 Å². The molecule has 0 saturated heterocycles. The Morgan fingerprint density at radius 1 is 1.36 bits per heavy atom. The Bertz CT molecular complexity index is 738. The van der Waals surface area contributed by atoms with Crippen molar-refractivity contribution in [3.05, 3.63) is 56.4 Å². The number of hydrogen-bond donors (Lipinski definition) is 2. The van der Waals surface area contributed by atoms with Crippen LogP contribution in [0.15, 0.2) is 39.7 Å². The Labute approximate surface area is 136 Å². The van der Waals surface area contributed by atoms with E-state index < -0.39 is 12.0 Å². The van der Waals surface area contributed by atoms with Crippen molar-refractivity contribution in [2.75, 3.05) is 7.11 Å². The molecule has 1 aromatic carbocycles. The van der Waals surface area contributed by atoms with Gasteiger partial charge in [0.15, 0.2) is 0 Å². The summed E-state index contributed by atoms with van der Waals surface area (Å²) < 4.78 is 5.45. The number of aromatic nitrogens is 1. The van der Waals surface area contributed by atoms with E-state index in [1.54, 1.807) is 6.20 Å². The SMILES string of the molecule is COC(=O)[C@@H](N)Cc1ccc(-c2c(C)c(Br)c[nH]c2=O)cc1. The molecule has 5 nitrogen and oxygen atoms in total. The van der Waals surface area contributed by atoms with E-state index in [4.69, 9.17) is 5.73 Å². The molecule has 0 fully saturated rings. The Morgan fingerprint density at radius 2 is 2.00 bits per heavy atom. The average Bonchev–Trinajstić information content (AvgIpc) is 2.52. The largest absolute Gasteiger partial charge is 0.468 e. The lowest BCUT2D eigenvalue weighted by Gasteiger charge is -2.10. The van der Waals surface area contributed by atoms with Gasteiger partial charge in [-0.05, 0) is 46.0 Å². The zero-order valence-corrected chi connectivity index (χ0v) is 13.9. The smallest absolute Gasteiger partial charge is 0.322 e. The highest BCUT2D eigenvalue weighted by atomic mass is 79.9. The number of nitrogens with one attached hydrogen (secondary N) is 1. The molecule has 0 saturated carbocycles. The number of carbonyl (C=O) groups is 1. The number of halogens is 1. The summed E-state index contributed by atoms with van der Waals surface area (Å²) >= 11 is 3.41. The molecule has 1 atom stereocenters. The molecule has 0 bridgehead atoms. The van der Waals surface area contributed by atoms with E-state index in [1.807, 2.05) is 31.2 Å². The first kappa shape index (κ1) is 16.5. The van der Waals surface area contributed by atoms with Gasteiger partial charge in [0.1, 0.15) is 6.04 Å². The maximum Gasteiger partial charge on any atom is 0.322 e. The van der Waals surface area contributed by atoms with E-state index in [0.29, 0.717) is 12.0 Å². The second-order valence-electron chi connectivity index (χ2n) is 5.00. The van der Waals surface area contributed by atoms with Crippen molar-refractivity contribution in [1.29, 1.82) is 0 Å². The van der Waals surface area contributed by atoms with Crippen LogP contribution in [0.3, 0.4) is 0 Å². The molecular weight excluding hydrogens is 348 g/mol. The maximum atomic E-state index is 12.0. The van der Waals surface area contributed by atoms with Crippen molar-refractivity contribution in [3.63, 3.8) is 0 Å². The lowest BCUT2D eigenvalue weighted by Crippen LogP contribution is -2.33. The summed E-state index contributed by atoms with van der Waals surface area (Å²) in [7, 11) is 1.31. The van der Waals surface area contributed by atoms with Crippen molar-refractivity contribution in [2.45, 2.75) is 19.4 Å². The fourth-order valence-electron chi connectivity index (χ4n) is 2.24. The summed E-state index contributed by atoms with van der Waals surface area (Å²) in [5.41, 5.74) is 8.83. The van der Waals surface area contributed by atoms with E-state index in [2.05, 4.69) is 25.7 Å². The third-order valence-corrected chi connectivity index (χ3v) is 4.32. The van der Waals surface area contributed by atoms with Gasteiger partial charge in [-0.25, -0.2) is 0 Å². The van der Waals surface area contributed by atoms with E-state index in [-0.39, 0.29) is 5.56 Å². The van der Waals surface area contributed by atoms with Crippen LogP contribution in [0.4, 0.5) is 0 Å². The van der Waals surface area contributed by atoms with Gasteiger partial charge in [0.2, 0.25) is 0 Å². The first-order chi connectivity index (χ1) is 10.4. The molecule has 116 valence electrons. The number of aromatic amines is 1. The number of esters is 1. The van der Waals surface area contributed by atoms with Crippen molar-refractivity contribution < 1.29 is 9.53 Å². The lowest BCUT2D eigenvalue weighted by molar-refractivity contribution is -0.142. The molecule has 0 spiro atoms. The third-order valence-electron chi connectivity index (χ3n) is 3.49. The normalized spacial score (nSPS) is 12.0. The summed E-state index contributed by atoms with van der Waals surface area (Å²) in [6, 6.07) is 6.73. The minimum atomic E-state index is -0.688. The summed E-state index contributed by atoms with van der Waals surface area (Å²) in [6.45, 7) is 1.88. The monoisotopic (exact) mass is 364 g/mol. The van der Waals surface area contributed by atoms with Crippen LogP contribution in [-0.2, 0) is 16.0 Å². The van der Waals surface area contributed by atoms with Gasteiger partial charge >= 0.3 is 5.97 Å². The highest BCUT2D eigenvalue weighted by Gasteiger charge is 2.15. The fraction of sp³-hybridized carbons (Fsp3) is 0.250. The number of H-pyrrole nitrogens is 1. The van der Waals surface area contributed by atoms with Crippen LogP contribution in [0.5, 0.6) is 0 Å². The molecule has 1 aromatic heterocycles. The van der Waals surface area contributed by atoms with Gasteiger partial charge < -0.3 is 15.5 Å². The molecule has 3 N–H and O–H groups in total. The number of pyridine rings is 1. The number of rotatable bonds is 4. The van der Waals surface area contributed by atoms with Gasteiger partial charge in [-0.15, -0.1) is 0 Å². The summed E-state index contributed by atoms with van der Waals surface area (Å²) in [5, 5.41) is 0. The minimum absolute atomic E-state index is 0.139. The van der Waals surface area contributed by atoms with Crippen molar-refractivity contribution in [2.24, 2.45) is 5.73 Å². The molecule has 2 aromatic rings. The van der Waals surface area contributed by atoms with Gasteiger partial charge in [0.25, 0.3) is 5.56 Å². The first-order valence-electron chi connectivity index (χ1n) is 6.74. The van der Waals surface area contributed by atoms with Crippen LogP contribution >= 0.6 is 15.9 Å². The Morgan fingerprint density at radius 3 is 2.59 bits per heavy atom. The molecule has 0 amide bonds. The summed E-state index contributed by atoms with van der Waals surface area (Å²) in [4.78, 5) is 26.1. The zero-order chi connectivity index (χ0) is 16.3. The molecule has 22 heavy (non-hydrogen) atoms. The number of benzene rings is 1. The van der Waals surface area contributed by atoms with Crippen molar-refractivity contribution in [1.82, 2.24) is 4.98 Å². The van der Waals surface area contributed by atoms with Gasteiger partial charge in [-0.3, -0.25) is 9.59 Å². The molecule has 6 heteroatoms. The lowest BCUT2D eigenvalue weighted by atomic mass is 9.99. The van der Waals surface area contributed by atoms with Crippen LogP contribution in [0.1, 0.15) is 11.1 Å². The van der Waals surface area contributed by atoms with Crippen molar-refractivity contribution >= 4 is 21.9 Å². The predicted molar refractivity (Wildman–Crippen MR) is 88.6 cm³/mol. The summed E-state index contributed by atoms with van der Waals surface area (Å²) in [6.07, 6.45) is 2.02. The number of nitrogens with two attached hydrogens (primary N) is 1. The Balaban J connectivity index is 2.29. The number of ether oxygens (including phenoxy) is 1. The standard InChI is InChI=1S/C16H17BrN2O3/c1-9-12(17)8-19-15(20)14(9)11-5-3-10(4-6-11)7-13(18)16(21)22-2/h3-6,8,13H,7,18H2,1-2H3,(H,19,20)/t13-/m0/s1. The topological polar surface area (TPSA) is 85.2 Å². The first-order valence-corrected chi connectivity index (χ1v) is 7.54. The maximum absolute atomic E-state index is 12.0. The van der Waals surface area contributed by atoms with E-state index >= 15 is 0 Å². The van der Waals surface area contributed by atoms with Crippen LogP contribution in [-0.4, -0.2) is 24.1 Å². The van der Waals surface area contributed by atoms with Crippen LogP contribution in [0, 0.1) is 6.92 Å². The van der Waals surface area contributed by atoms with Gasteiger partial charge in [0, 0.05) is 10.7 Å². The molecule has 0 radical (unpaired) electrons. The zero-order valence-electron chi connectivity index (χ0n) is 12.4. The molecule has 0 aliphatic carbocycles. The third kappa shape index (κ3) is 3.45. The Hall–Kier alpha value is -1.92. The van der Waals surface area contributed by atoms with Crippen LogP contribution in [0.2, 0.25) is 0 Å². The second-order valence-corrected chi connectivity index (χ2v) is 5.85. The number of hydrogen-bond acceptors (Lipinski definition) is 4. The quantitative estimate of drug-likeness (QED) is 0.814. The molecular formula is C16H17BrN2O3. The van der Waals surface area contributed by atoms with Crippen LogP contribution < -0.4 is 11.3 Å². The molecule has 0 aliphatic heterocycles. The fourth-order valence-corrected chi connectivity index (χ4v) is 2.56. The molecule has 0 aliphatic rings.